The van der Waals surface area contributed by atoms with Crippen molar-refractivity contribution in [3.8, 4) is 11.1 Å². The normalized spacial score (nSPS) is 10.8. The van der Waals surface area contributed by atoms with E-state index in [4.69, 9.17) is 4.42 Å². The molecular weight excluding hydrogens is 324 g/mol. The van der Waals surface area contributed by atoms with Crippen LogP contribution in [0.3, 0.4) is 0 Å². The first-order valence-corrected chi connectivity index (χ1v) is 8.00. The number of fused-ring (bicyclic) bond motifs is 1. The van der Waals surface area contributed by atoms with Gasteiger partial charge in [-0.2, -0.15) is 8.75 Å². The summed E-state index contributed by atoms with van der Waals surface area (Å²) in [7, 11) is 0. The van der Waals surface area contributed by atoms with E-state index in [2.05, 4.69) is 19.0 Å². The molecule has 0 aliphatic heterocycles. The van der Waals surface area contributed by atoms with Crippen LogP contribution in [-0.4, -0.2) is 19.6 Å². The number of aromatic nitrogens is 3. The summed E-state index contributed by atoms with van der Waals surface area (Å²) < 4.78 is 13.4. The molecule has 0 spiro atoms. The van der Waals surface area contributed by atoms with Gasteiger partial charge in [-0.3, -0.25) is 9.78 Å². The standard InChI is InChI=1S/C17H12N4O2S/c22-17(12-1-2-15-16(6-12)21-24-20-15)19-8-11-5-14(9-18-7-11)13-3-4-23-10-13/h1-7,9-10H,8H2,(H,19,22). The van der Waals surface area contributed by atoms with Crippen molar-refractivity contribution in [2.24, 2.45) is 0 Å². The second kappa shape index (κ2) is 6.21. The van der Waals surface area contributed by atoms with Crippen molar-refractivity contribution in [3.63, 3.8) is 0 Å². The van der Waals surface area contributed by atoms with Gasteiger partial charge in [0.05, 0.1) is 24.3 Å². The number of hydrogen-bond acceptors (Lipinski definition) is 6. The summed E-state index contributed by atoms with van der Waals surface area (Å²) in [5.74, 6) is -0.154. The minimum atomic E-state index is -0.154. The molecule has 0 aliphatic rings. The molecule has 1 N–H and O–H groups in total. The predicted octanol–water partition coefficient (Wildman–Crippen LogP) is 3.28. The summed E-state index contributed by atoms with van der Waals surface area (Å²) in [5.41, 5.74) is 4.92. The number of benzene rings is 1. The summed E-state index contributed by atoms with van der Waals surface area (Å²) in [6, 6.07) is 9.14. The number of amides is 1. The van der Waals surface area contributed by atoms with Crippen LogP contribution >= 0.6 is 11.7 Å². The van der Waals surface area contributed by atoms with E-state index in [0.29, 0.717) is 12.1 Å². The second-order valence-corrected chi connectivity index (χ2v) is 5.77. The van der Waals surface area contributed by atoms with E-state index in [1.54, 1.807) is 43.1 Å². The van der Waals surface area contributed by atoms with Gasteiger partial charge in [-0.25, -0.2) is 0 Å². The van der Waals surface area contributed by atoms with Crippen LogP contribution in [0.5, 0.6) is 0 Å². The highest BCUT2D eigenvalue weighted by Crippen LogP contribution is 2.19. The first kappa shape index (κ1) is 14.5. The summed E-state index contributed by atoms with van der Waals surface area (Å²) in [6.07, 6.45) is 6.78. The van der Waals surface area contributed by atoms with Gasteiger partial charge >= 0.3 is 0 Å². The van der Waals surface area contributed by atoms with Crippen LogP contribution < -0.4 is 5.32 Å². The van der Waals surface area contributed by atoms with Crippen molar-refractivity contribution in [1.29, 1.82) is 0 Å². The predicted molar refractivity (Wildman–Crippen MR) is 90.5 cm³/mol. The maximum Gasteiger partial charge on any atom is 0.251 e. The lowest BCUT2D eigenvalue weighted by Crippen LogP contribution is -2.22. The number of furan rings is 1. The summed E-state index contributed by atoms with van der Waals surface area (Å²) in [5, 5.41) is 2.90. The third-order valence-corrected chi connectivity index (χ3v) is 4.18. The van der Waals surface area contributed by atoms with E-state index >= 15 is 0 Å². The van der Waals surface area contributed by atoms with Crippen molar-refractivity contribution >= 4 is 28.7 Å². The maximum absolute atomic E-state index is 12.3. The van der Waals surface area contributed by atoms with Crippen LogP contribution in [-0.2, 0) is 6.54 Å². The number of nitrogens with one attached hydrogen (secondary N) is 1. The largest absolute Gasteiger partial charge is 0.472 e. The Morgan fingerprint density at radius 3 is 2.88 bits per heavy atom. The number of rotatable bonds is 4. The minimum Gasteiger partial charge on any atom is -0.472 e. The van der Waals surface area contributed by atoms with Crippen LogP contribution in [0.2, 0.25) is 0 Å². The molecule has 0 fully saturated rings. The monoisotopic (exact) mass is 336 g/mol. The smallest absolute Gasteiger partial charge is 0.251 e. The van der Waals surface area contributed by atoms with E-state index in [9.17, 15) is 4.79 Å². The molecule has 4 rings (SSSR count). The van der Waals surface area contributed by atoms with Crippen molar-refractivity contribution in [2.75, 3.05) is 0 Å². The Morgan fingerprint density at radius 1 is 1.08 bits per heavy atom. The number of nitrogens with zero attached hydrogens (tertiary/aromatic N) is 3. The molecule has 0 unspecified atom stereocenters. The lowest BCUT2D eigenvalue weighted by Gasteiger charge is -2.06. The quantitative estimate of drug-likeness (QED) is 0.618. The fourth-order valence-corrected chi connectivity index (χ4v) is 2.90. The molecule has 0 bridgehead atoms. The topological polar surface area (TPSA) is 80.9 Å². The minimum absolute atomic E-state index is 0.154. The van der Waals surface area contributed by atoms with Gasteiger partial charge in [-0.1, -0.05) is 0 Å². The van der Waals surface area contributed by atoms with Crippen LogP contribution in [0.25, 0.3) is 22.2 Å². The highest BCUT2D eigenvalue weighted by atomic mass is 32.1. The molecule has 7 heteroatoms. The molecule has 4 aromatic rings. The summed E-state index contributed by atoms with van der Waals surface area (Å²) in [4.78, 5) is 16.5. The molecule has 0 saturated heterocycles. The third-order valence-electron chi connectivity index (χ3n) is 3.62. The Hall–Kier alpha value is -3.06. The van der Waals surface area contributed by atoms with Crippen molar-refractivity contribution in [3.05, 3.63) is 66.4 Å². The first-order chi connectivity index (χ1) is 11.8. The lowest BCUT2D eigenvalue weighted by atomic mass is 10.1. The van der Waals surface area contributed by atoms with Crippen LogP contribution in [0.4, 0.5) is 0 Å². The Kier molecular flexibility index (Phi) is 3.76. The highest BCUT2D eigenvalue weighted by molar-refractivity contribution is 7.00. The van der Waals surface area contributed by atoms with E-state index in [1.165, 1.54) is 0 Å². The van der Waals surface area contributed by atoms with E-state index in [1.807, 2.05) is 12.1 Å². The zero-order valence-corrected chi connectivity index (χ0v) is 13.3. The van der Waals surface area contributed by atoms with Gasteiger partial charge in [-0.05, 0) is 35.9 Å². The van der Waals surface area contributed by atoms with Gasteiger partial charge in [-0.15, -0.1) is 0 Å². The number of carbonyl (C=O) groups is 1. The first-order valence-electron chi connectivity index (χ1n) is 7.26. The number of hydrogen-bond donors (Lipinski definition) is 1. The van der Waals surface area contributed by atoms with E-state index < -0.39 is 0 Å². The molecule has 1 amide bonds. The zero-order chi connectivity index (χ0) is 16.4. The third kappa shape index (κ3) is 2.89. The fraction of sp³-hybridized carbons (Fsp3) is 0.0588. The molecule has 3 aromatic heterocycles. The van der Waals surface area contributed by atoms with Crippen molar-refractivity contribution < 1.29 is 9.21 Å². The van der Waals surface area contributed by atoms with Gasteiger partial charge in [0.1, 0.15) is 11.0 Å². The highest BCUT2D eigenvalue weighted by Gasteiger charge is 2.09. The van der Waals surface area contributed by atoms with Gasteiger partial charge in [0.15, 0.2) is 0 Å². The maximum atomic E-state index is 12.3. The van der Waals surface area contributed by atoms with Crippen LogP contribution in [0, 0.1) is 0 Å². The van der Waals surface area contributed by atoms with Gasteiger partial charge < -0.3 is 9.73 Å². The molecule has 0 saturated carbocycles. The summed E-state index contributed by atoms with van der Waals surface area (Å²) >= 11 is 1.14. The van der Waals surface area contributed by atoms with Gasteiger partial charge in [0.2, 0.25) is 0 Å². The molecule has 0 atom stereocenters. The molecule has 3 heterocycles. The fourth-order valence-electron chi connectivity index (χ4n) is 2.38. The van der Waals surface area contributed by atoms with Crippen molar-refractivity contribution in [2.45, 2.75) is 6.54 Å². The molecule has 118 valence electrons. The second-order valence-electron chi connectivity index (χ2n) is 5.24. The van der Waals surface area contributed by atoms with E-state index in [0.717, 1.165) is 39.5 Å². The lowest BCUT2D eigenvalue weighted by molar-refractivity contribution is 0.0951. The molecular formula is C17H12N4O2S. The SMILES string of the molecule is O=C(NCc1cncc(-c2ccoc2)c1)c1ccc2nsnc2c1. The average molecular weight is 336 g/mol. The van der Waals surface area contributed by atoms with Gasteiger partial charge in [0.25, 0.3) is 5.91 Å². The Labute approximate surface area is 141 Å². The Morgan fingerprint density at radius 2 is 2.00 bits per heavy atom. The Bertz CT molecular complexity index is 995. The number of pyridine rings is 1. The molecule has 6 nitrogen and oxygen atoms in total. The molecule has 0 aliphatic carbocycles. The summed E-state index contributed by atoms with van der Waals surface area (Å²) in [6.45, 7) is 0.394. The zero-order valence-electron chi connectivity index (χ0n) is 12.5. The van der Waals surface area contributed by atoms with Gasteiger partial charge in [0, 0.05) is 35.6 Å². The molecule has 1 aromatic carbocycles. The molecule has 24 heavy (non-hydrogen) atoms. The van der Waals surface area contributed by atoms with Crippen LogP contribution in [0.15, 0.2) is 59.7 Å². The Balaban J connectivity index is 1.48. The average Bonchev–Trinajstić information content (AvgIpc) is 3.30. The molecule has 0 radical (unpaired) electrons. The van der Waals surface area contributed by atoms with Crippen LogP contribution in [0.1, 0.15) is 15.9 Å². The van der Waals surface area contributed by atoms with E-state index in [-0.39, 0.29) is 5.91 Å². The van der Waals surface area contributed by atoms with Crippen molar-refractivity contribution in [1.82, 2.24) is 19.0 Å². The number of carbonyl (C=O) groups excluding carboxylic acids is 1.